The van der Waals surface area contributed by atoms with Crippen LogP contribution in [0.2, 0.25) is 0 Å². The van der Waals surface area contributed by atoms with E-state index in [4.69, 9.17) is 9.47 Å². The minimum absolute atomic E-state index is 0.178. The van der Waals surface area contributed by atoms with Crippen LogP contribution in [-0.2, 0) is 16.1 Å². The third-order valence-electron chi connectivity index (χ3n) is 4.78. The average molecular weight is 411 g/mol. The molecule has 0 bridgehead atoms. The highest BCUT2D eigenvalue weighted by atomic mass is 16.6. The number of rotatable bonds is 5. The second-order valence-corrected chi connectivity index (χ2v) is 8.47. The molecule has 160 valence electrons. The number of carbonyl (C=O) groups is 2. The van der Waals surface area contributed by atoms with E-state index in [0.29, 0.717) is 11.3 Å². The van der Waals surface area contributed by atoms with E-state index in [1.54, 1.807) is 12.1 Å². The molecule has 1 aliphatic rings. The highest BCUT2D eigenvalue weighted by molar-refractivity contribution is 5.96. The Hall–Kier alpha value is -3.02. The molecule has 1 N–H and O–H groups in total. The van der Waals surface area contributed by atoms with Crippen LogP contribution in [0, 0.1) is 0 Å². The van der Waals surface area contributed by atoms with Crippen LogP contribution in [0.1, 0.15) is 56.0 Å². The Bertz CT molecular complexity index is 869. The van der Waals surface area contributed by atoms with Crippen LogP contribution in [0.5, 0.6) is 0 Å². The molecule has 0 aromatic heterocycles. The van der Waals surface area contributed by atoms with Gasteiger partial charge >= 0.3 is 12.1 Å². The zero-order valence-corrected chi connectivity index (χ0v) is 17.9. The van der Waals surface area contributed by atoms with Crippen molar-refractivity contribution in [2.75, 3.05) is 23.3 Å². The topological polar surface area (TPSA) is 67.9 Å². The Balaban J connectivity index is 1.78. The molecular formula is C24H30N2O4. The van der Waals surface area contributed by atoms with Gasteiger partial charge in [-0.15, -0.1) is 0 Å². The molecular weight excluding hydrogens is 380 g/mol. The lowest BCUT2D eigenvalue weighted by Crippen LogP contribution is -2.31. The predicted molar refractivity (Wildman–Crippen MR) is 118 cm³/mol. The number of piperidine rings is 1. The van der Waals surface area contributed by atoms with Gasteiger partial charge in [-0.05, 0) is 63.8 Å². The van der Waals surface area contributed by atoms with Gasteiger partial charge in [0.25, 0.3) is 0 Å². The summed E-state index contributed by atoms with van der Waals surface area (Å²) in [6.07, 6.45) is 2.85. The molecule has 0 saturated carbocycles. The highest BCUT2D eigenvalue weighted by Crippen LogP contribution is 2.30. The van der Waals surface area contributed by atoms with Crippen LogP contribution in [0.15, 0.2) is 48.5 Å². The van der Waals surface area contributed by atoms with Crippen molar-refractivity contribution in [1.29, 1.82) is 0 Å². The molecule has 1 aliphatic heterocycles. The summed E-state index contributed by atoms with van der Waals surface area (Å²) in [4.78, 5) is 27.2. The highest BCUT2D eigenvalue weighted by Gasteiger charge is 2.22. The summed E-state index contributed by atoms with van der Waals surface area (Å²) < 4.78 is 10.8. The number of nitrogens with zero attached hydrogens (tertiary/aromatic N) is 1. The maximum atomic E-state index is 12.5. The Kier molecular flexibility index (Phi) is 6.98. The van der Waals surface area contributed by atoms with E-state index in [1.165, 1.54) is 6.42 Å². The minimum Gasteiger partial charge on any atom is -0.456 e. The van der Waals surface area contributed by atoms with Crippen molar-refractivity contribution in [1.82, 2.24) is 0 Å². The standard InChI is InChI=1S/C24H30N2O4/c1-24(2,3)30-22(27)19-12-13-21(26-14-8-5-9-15-26)20(16-19)25-23(28)29-17-18-10-6-4-7-11-18/h4,6-7,10-13,16H,5,8-9,14-15,17H2,1-3H3,(H,25,28). The van der Waals surface area contributed by atoms with Crippen molar-refractivity contribution in [3.05, 3.63) is 59.7 Å². The second kappa shape index (κ2) is 9.65. The van der Waals surface area contributed by atoms with Crippen molar-refractivity contribution >= 4 is 23.4 Å². The zero-order chi connectivity index (χ0) is 21.6. The number of carbonyl (C=O) groups excluding carboxylic acids is 2. The fourth-order valence-corrected chi connectivity index (χ4v) is 3.38. The van der Waals surface area contributed by atoms with Gasteiger partial charge in [-0.3, -0.25) is 5.32 Å². The van der Waals surface area contributed by atoms with E-state index >= 15 is 0 Å². The molecule has 0 unspecified atom stereocenters. The second-order valence-electron chi connectivity index (χ2n) is 8.47. The van der Waals surface area contributed by atoms with Crippen molar-refractivity contribution in [3.63, 3.8) is 0 Å². The lowest BCUT2D eigenvalue weighted by Gasteiger charge is -2.30. The molecule has 3 rings (SSSR count). The van der Waals surface area contributed by atoms with Gasteiger partial charge in [0.15, 0.2) is 0 Å². The lowest BCUT2D eigenvalue weighted by atomic mass is 10.1. The smallest absolute Gasteiger partial charge is 0.412 e. The first kappa shape index (κ1) is 21.7. The normalized spacial score (nSPS) is 14.2. The summed E-state index contributed by atoms with van der Waals surface area (Å²) in [5.41, 5.74) is 2.15. The van der Waals surface area contributed by atoms with Crippen LogP contribution in [0.4, 0.5) is 16.2 Å². The summed E-state index contributed by atoms with van der Waals surface area (Å²) in [7, 11) is 0. The molecule has 0 radical (unpaired) electrons. The number of anilines is 2. The van der Waals surface area contributed by atoms with Gasteiger partial charge in [-0.2, -0.15) is 0 Å². The molecule has 2 aromatic carbocycles. The molecule has 6 nitrogen and oxygen atoms in total. The Morgan fingerprint density at radius 1 is 1.00 bits per heavy atom. The molecule has 1 amide bonds. The van der Waals surface area contributed by atoms with Gasteiger partial charge in [0.1, 0.15) is 12.2 Å². The fraction of sp³-hybridized carbons (Fsp3) is 0.417. The van der Waals surface area contributed by atoms with Gasteiger partial charge in [-0.1, -0.05) is 30.3 Å². The average Bonchev–Trinajstić information content (AvgIpc) is 2.72. The largest absolute Gasteiger partial charge is 0.456 e. The first-order valence-corrected chi connectivity index (χ1v) is 10.4. The number of amides is 1. The molecule has 30 heavy (non-hydrogen) atoms. The predicted octanol–water partition coefficient (Wildman–Crippen LogP) is 5.38. The van der Waals surface area contributed by atoms with E-state index in [1.807, 2.05) is 57.2 Å². The summed E-state index contributed by atoms with van der Waals surface area (Å²) >= 11 is 0. The van der Waals surface area contributed by atoms with Crippen molar-refractivity contribution < 1.29 is 19.1 Å². The van der Waals surface area contributed by atoms with E-state index in [0.717, 1.165) is 37.2 Å². The molecule has 1 saturated heterocycles. The van der Waals surface area contributed by atoms with Crippen LogP contribution in [-0.4, -0.2) is 30.8 Å². The lowest BCUT2D eigenvalue weighted by molar-refractivity contribution is 0.00695. The molecule has 1 fully saturated rings. The third-order valence-corrected chi connectivity index (χ3v) is 4.78. The monoisotopic (exact) mass is 410 g/mol. The molecule has 0 spiro atoms. The summed E-state index contributed by atoms with van der Waals surface area (Å²) in [6.45, 7) is 7.49. The minimum atomic E-state index is -0.592. The van der Waals surface area contributed by atoms with Crippen LogP contribution < -0.4 is 10.2 Å². The van der Waals surface area contributed by atoms with Crippen LogP contribution in [0.3, 0.4) is 0 Å². The van der Waals surface area contributed by atoms with Crippen molar-refractivity contribution in [2.24, 2.45) is 0 Å². The SMILES string of the molecule is CC(C)(C)OC(=O)c1ccc(N2CCCCC2)c(NC(=O)OCc2ccccc2)c1. The number of ether oxygens (including phenoxy) is 2. The Morgan fingerprint density at radius 3 is 2.37 bits per heavy atom. The number of esters is 1. The molecule has 0 aliphatic carbocycles. The van der Waals surface area contributed by atoms with Gasteiger partial charge in [-0.25, -0.2) is 9.59 Å². The zero-order valence-electron chi connectivity index (χ0n) is 17.9. The Labute approximate surface area is 178 Å². The van der Waals surface area contributed by atoms with Gasteiger partial charge in [0.2, 0.25) is 0 Å². The maximum Gasteiger partial charge on any atom is 0.412 e. The number of nitrogens with one attached hydrogen (secondary N) is 1. The summed E-state index contributed by atoms with van der Waals surface area (Å²) in [5.74, 6) is -0.423. The van der Waals surface area contributed by atoms with E-state index in [9.17, 15) is 9.59 Å². The van der Waals surface area contributed by atoms with Crippen LogP contribution in [0.25, 0.3) is 0 Å². The van der Waals surface area contributed by atoms with E-state index in [-0.39, 0.29) is 6.61 Å². The summed E-state index contributed by atoms with van der Waals surface area (Å²) in [5, 5.41) is 2.83. The van der Waals surface area contributed by atoms with Gasteiger partial charge in [0.05, 0.1) is 16.9 Å². The van der Waals surface area contributed by atoms with Gasteiger partial charge < -0.3 is 14.4 Å². The van der Waals surface area contributed by atoms with Crippen LogP contribution >= 0.6 is 0 Å². The van der Waals surface area contributed by atoms with E-state index < -0.39 is 17.7 Å². The van der Waals surface area contributed by atoms with E-state index in [2.05, 4.69) is 10.2 Å². The first-order valence-electron chi connectivity index (χ1n) is 10.4. The quantitative estimate of drug-likeness (QED) is 0.670. The number of hydrogen-bond donors (Lipinski definition) is 1. The Morgan fingerprint density at radius 2 is 1.70 bits per heavy atom. The van der Waals surface area contributed by atoms with Crippen molar-refractivity contribution in [2.45, 2.75) is 52.2 Å². The molecule has 2 aromatic rings. The number of benzene rings is 2. The summed E-state index contributed by atoms with van der Waals surface area (Å²) in [6, 6.07) is 14.8. The third kappa shape index (κ3) is 6.24. The molecule has 6 heteroatoms. The van der Waals surface area contributed by atoms with Crippen molar-refractivity contribution in [3.8, 4) is 0 Å². The molecule has 0 atom stereocenters. The first-order chi connectivity index (χ1) is 14.3. The maximum absolute atomic E-state index is 12.5. The van der Waals surface area contributed by atoms with Gasteiger partial charge in [0, 0.05) is 13.1 Å². The molecule has 1 heterocycles. The number of hydrogen-bond acceptors (Lipinski definition) is 5. The fourth-order valence-electron chi connectivity index (χ4n) is 3.38.